The minimum absolute atomic E-state index is 0. The van der Waals surface area contributed by atoms with E-state index in [1.54, 1.807) is 7.11 Å². The summed E-state index contributed by atoms with van der Waals surface area (Å²) in [7, 11) is 1.75. The second kappa shape index (κ2) is 10.1. The summed E-state index contributed by atoms with van der Waals surface area (Å²) in [5.74, 6) is 2.68. The van der Waals surface area contributed by atoms with E-state index in [4.69, 9.17) is 9.73 Å². The minimum Gasteiger partial charge on any atom is -0.495 e. The Morgan fingerprint density at radius 3 is 2.72 bits per heavy atom. The number of halogens is 1. The van der Waals surface area contributed by atoms with Crippen molar-refractivity contribution in [2.75, 3.05) is 51.3 Å². The maximum absolute atomic E-state index is 5.50. The molecule has 140 valence electrons. The van der Waals surface area contributed by atoms with Crippen LogP contribution in [0.5, 0.6) is 5.75 Å². The van der Waals surface area contributed by atoms with Crippen molar-refractivity contribution < 1.29 is 4.74 Å². The number of nitrogens with one attached hydrogen (secondary N) is 1. The van der Waals surface area contributed by atoms with Crippen LogP contribution in [0, 0.1) is 5.92 Å². The number of likely N-dealkylation sites (tertiary alicyclic amines) is 1. The fourth-order valence-corrected chi connectivity index (χ4v) is 3.66. The van der Waals surface area contributed by atoms with Gasteiger partial charge in [-0.05, 0) is 44.2 Å². The first kappa shape index (κ1) is 20.1. The largest absolute Gasteiger partial charge is 0.495 e. The number of rotatable bonds is 5. The molecule has 5 nitrogen and oxygen atoms in total. The van der Waals surface area contributed by atoms with E-state index in [1.165, 1.54) is 24.9 Å². The maximum Gasteiger partial charge on any atom is 0.193 e. The Balaban J connectivity index is 0.00000225. The second-order valence-electron chi connectivity index (χ2n) is 6.66. The molecule has 1 atom stereocenters. The molecule has 3 rings (SSSR count). The molecular formula is C19H31IN4O. The lowest BCUT2D eigenvalue weighted by molar-refractivity contribution is 0.414. The van der Waals surface area contributed by atoms with E-state index in [9.17, 15) is 0 Å². The van der Waals surface area contributed by atoms with Crippen LogP contribution in [0.1, 0.15) is 26.2 Å². The predicted octanol–water partition coefficient (Wildman–Crippen LogP) is 3.20. The summed E-state index contributed by atoms with van der Waals surface area (Å²) in [5.41, 5.74) is 1.21. The molecule has 6 heteroatoms. The fraction of sp³-hybridized carbons (Fsp3) is 0.632. The average molecular weight is 458 g/mol. The molecule has 2 aliphatic heterocycles. The van der Waals surface area contributed by atoms with Crippen molar-refractivity contribution >= 4 is 35.6 Å². The van der Waals surface area contributed by atoms with Gasteiger partial charge in [0.05, 0.1) is 12.8 Å². The summed E-state index contributed by atoms with van der Waals surface area (Å²) in [5, 5.41) is 3.45. The number of ether oxygens (including phenoxy) is 1. The highest BCUT2D eigenvalue weighted by Crippen LogP contribution is 2.32. The maximum atomic E-state index is 5.50. The van der Waals surface area contributed by atoms with Gasteiger partial charge in [-0.3, -0.25) is 4.99 Å². The van der Waals surface area contributed by atoms with Gasteiger partial charge in [-0.15, -0.1) is 24.0 Å². The Morgan fingerprint density at radius 1 is 1.24 bits per heavy atom. The number of para-hydroxylation sites is 2. The first-order chi connectivity index (χ1) is 11.8. The summed E-state index contributed by atoms with van der Waals surface area (Å²) in [6.07, 6.45) is 3.77. The van der Waals surface area contributed by atoms with E-state index < -0.39 is 0 Å². The van der Waals surface area contributed by atoms with Crippen LogP contribution in [0.15, 0.2) is 29.3 Å². The van der Waals surface area contributed by atoms with Crippen LogP contribution in [-0.4, -0.2) is 57.2 Å². The molecule has 2 aliphatic rings. The van der Waals surface area contributed by atoms with Gasteiger partial charge in [0.15, 0.2) is 5.96 Å². The molecule has 0 saturated carbocycles. The summed E-state index contributed by atoms with van der Waals surface area (Å²) < 4.78 is 5.50. The Morgan fingerprint density at radius 2 is 2.00 bits per heavy atom. The van der Waals surface area contributed by atoms with E-state index in [0.717, 1.165) is 51.0 Å². The molecule has 0 bridgehead atoms. The van der Waals surface area contributed by atoms with Gasteiger partial charge in [-0.1, -0.05) is 12.1 Å². The fourth-order valence-electron chi connectivity index (χ4n) is 3.66. The third kappa shape index (κ3) is 5.15. The van der Waals surface area contributed by atoms with Gasteiger partial charge in [0, 0.05) is 39.3 Å². The van der Waals surface area contributed by atoms with E-state index in [0.29, 0.717) is 5.92 Å². The number of nitrogens with zero attached hydrogens (tertiary/aromatic N) is 3. The van der Waals surface area contributed by atoms with Crippen LogP contribution in [0.4, 0.5) is 5.69 Å². The molecule has 2 fully saturated rings. The quantitative estimate of drug-likeness (QED) is 0.418. The minimum atomic E-state index is 0. The molecule has 1 N–H and O–H groups in total. The molecule has 1 unspecified atom stereocenters. The number of benzene rings is 1. The van der Waals surface area contributed by atoms with Crippen molar-refractivity contribution in [2.45, 2.75) is 26.2 Å². The Bertz CT molecular complexity index is 560. The van der Waals surface area contributed by atoms with Gasteiger partial charge in [-0.25, -0.2) is 0 Å². The number of anilines is 1. The zero-order valence-corrected chi connectivity index (χ0v) is 17.7. The monoisotopic (exact) mass is 458 g/mol. The summed E-state index contributed by atoms with van der Waals surface area (Å²) in [6.45, 7) is 8.42. The first-order valence-corrected chi connectivity index (χ1v) is 9.23. The van der Waals surface area contributed by atoms with Crippen LogP contribution >= 0.6 is 24.0 Å². The van der Waals surface area contributed by atoms with Gasteiger partial charge in [0.25, 0.3) is 0 Å². The highest BCUT2D eigenvalue weighted by molar-refractivity contribution is 14.0. The van der Waals surface area contributed by atoms with Crippen LogP contribution in [0.25, 0.3) is 0 Å². The van der Waals surface area contributed by atoms with Crippen LogP contribution in [-0.2, 0) is 0 Å². The first-order valence-electron chi connectivity index (χ1n) is 9.23. The smallest absolute Gasteiger partial charge is 0.193 e. The van der Waals surface area contributed by atoms with Gasteiger partial charge < -0.3 is 19.9 Å². The lowest BCUT2D eigenvalue weighted by Crippen LogP contribution is -2.40. The molecule has 0 amide bonds. The van der Waals surface area contributed by atoms with Crippen molar-refractivity contribution in [1.29, 1.82) is 0 Å². The summed E-state index contributed by atoms with van der Waals surface area (Å²) in [4.78, 5) is 9.75. The van der Waals surface area contributed by atoms with Crippen molar-refractivity contribution in [2.24, 2.45) is 10.9 Å². The Labute approximate surface area is 168 Å². The number of hydrogen-bond donors (Lipinski definition) is 1. The predicted molar refractivity (Wildman–Crippen MR) is 116 cm³/mol. The Hall–Kier alpha value is -1.18. The standard InChI is InChI=1S/C19H30N4O.HI/c1-3-20-19(22-11-6-7-12-22)21-14-16-10-13-23(15-16)17-8-4-5-9-18(17)24-2;/h4-5,8-9,16H,3,6-7,10-15H2,1-2H3,(H,20,21);1H. The van der Waals surface area contributed by atoms with Crippen LogP contribution in [0.3, 0.4) is 0 Å². The molecule has 2 saturated heterocycles. The van der Waals surface area contributed by atoms with Gasteiger partial charge in [0.2, 0.25) is 0 Å². The summed E-state index contributed by atoms with van der Waals surface area (Å²) in [6, 6.07) is 8.30. The molecule has 2 heterocycles. The van der Waals surface area contributed by atoms with E-state index in [1.807, 2.05) is 12.1 Å². The van der Waals surface area contributed by atoms with Crippen molar-refractivity contribution in [3.63, 3.8) is 0 Å². The van der Waals surface area contributed by atoms with Gasteiger partial charge in [-0.2, -0.15) is 0 Å². The number of aliphatic imine (C=N–C) groups is 1. The Kier molecular flexibility index (Phi) is 8.12. The molecule has 0 spiro atoms. The third-order valence-corrected chi connectivity index (χ3v) is 4.95. The molecular weight excluding hydrogens is 427 g/mol. The number of guanidine groups is 1. The lowest BCUT2D eigenvalue weighted by Gasteiger charge is -2.22. The molecule has 0 aliphatic carbocycles. The van der Waals surface area contributed by atoms with Crippen molar-refractivity contribution in [3.05, 3.63) is 24.3 Å². The van der Waals surface area contributed by atoms with E-state index >= 15 is 0 Å². The third-order valence-electron chi connectivity index (χ3n) is 4.95. The highest BCUT2D eigenvalue weighted by Gasteiger charge is 2.25. The highest BCUT2D eigenvalue weighted by atomic mass is 127. The number of methoxy groups -OCH3 is 1. The summed E-state index contributed by atoms with van der Waals surface area (Å²) >= 11 is 0. The normalized spacial score (nSPS) is 20.6. The SMILES string of the molecule is CCNC(=NCC1CCN(c2ccccc2OC)C1)N1CCCC1.I. The van der Waals surface area contributed by atoms with Crippen molar-refractivity contribution in [1.82, 2.24) is 10.2 Å². The second-order valence-corrected chi connectivity index (χ2v) is 6.66. The average Bonchev–Trinajstić information content (AvgIpc) is 3.30. The van der Waals surface area contributed by atoms with Crippen molar-refractivity contribution in [3.8, 4) is 5.75 Å². The van der Waals surface area contributed by atoms with E-state index in [2.05, 4.69) is 34.2 Å². The molecule has 25 heavy (non-hydrogen) atoms. The number of hydrogen-bond acceptors (Lipinski definition) is 3. The van der Waals surface area contributed by atoms with Crippen LogP contribution in [0.2, 0.25) is 0 Å². The topological polar surface area (TPSA) is 40.1 Å². The zero-order valence-electron chi connectivity index (χ0n) is 15.4. The van der Waals surface area contributed by atoms with Gasteiger partial charge in [0.1, 0.15) is 5.75 Å². The van der Waals surface area contributed by atoms with Crippen LogP contribution < -0.4 is 15.0 Å². The molecule has 1 aromatic rings. The van der Waals surface area contributed by atoms with Gasteiger partial charge >= 0.3 is 0 Å². The molecule has 0 radical (unpaired) electrons. The zero-order chi connectivity index (χ0) is 16.8. The van der Waals surface area contributed by atoms with E-state index in [-0.39, 0.29) is 24.0 Å². The molecule has 0 aromatic heterocycles. The molecule has 1 aromatic carbocycles. The lowest BCUT2D eigenvalue weighted by atomic mass is 10.1.